The van der Waals surface area contributed by atoms with Crippen LogP contribution < -0.4 is 5.32 Å². The molecule has 0 aromatic heterocycles. The van der Waals surface area contributed by atoms with Crippen LogP contribution in [0, 0.1) is 0 Å². The third kappa shape index (κ3) is 4.15. The van der Waals surface area contributed by atoms with E-state index in [1.165, 1.54) is 0 Å². The maximum atomic E-state index is 13.2. The number of para-hydroxylation sites is 1. The van der Waals surface area contributed by atoms with Crippen molar-refractivity contribution in [2.75, 3.05) is 19.4 Å². The number of carbonyl (C=O) groups excluding carboxylic acids is 1. The van der Waals surface area contributed by atoms with Crippen molar-refractivity contribution in [3.63, 3.8) is 0 Å². The van der Waals surface area contributed by atoms with Gasteiger partial charge in [-0.15, -0.1) is 0 Å². The van der Waals surface area contributed by atoms with Gasteiger partial charge in [0.1, 0.15) is 0 Å². The Morgan fingerprint density at radius 3 is 1.68 bits per heavy atom. The summed E-state index contributed by atoms with van der Waals surface area (Å²) in [5.74, 6) is 0.00704. The van der Waals surface area contributed by atoms with Crippen molar-refractivity contribution in [1.82, 2.24) is 4.90 Å². The zero-order chi connectivity index (χ0) is 20.0. The molecule has 0 saturated heterocycles. The molecule has 3 rings (SSSR count). The number of hydrogen-bond donors (Lipinski definition) is 1. The molecule has 28 heavy (non-hydrogen) atoms. The largest absolute Gasteiger partial charge is 0.326 e. The van der Waals surface area contributed by atoms with Gasteiger partial charge in [-0.3, -0.25) is 4.79 Å². The van der Waals surface area contributed by atoms with Crippen molar-refractivity contribution in [1.29, 1.82) is 0 Å². The van der Waals surface area contributed by atoms with Crippen LogP contribution in [0.25, 0.3) is 0 Å². The molecule has 1 N–H and O–H groups in total. The normalized spacial score (nSPS) is 12.6. The van der Waals surface area contributed by atoms with Crippen molar-refractivity contribution in [3.05, 3.63) is 102 Å². The van der Waals surface area contributed by atoms with Gasteiger partial charge in [-0.25, -0.2) is 0 Å². The van der Waals surface area contributed by atoms with Gasteiger partial charge in [-0.2, -0.15) is 0 Å². The number of nitrogens with zero attached hydrogens (tertiary/aromatic N) is 1. The third-order valence-electron chi connectivity index (χ3n) is 5.56. The Labute approximate surface area is 168 Å². The number of carbonyl (C=O) groups is 1. The van der Waals surface area contributed by atoms with Crippen molar-refractivity contribution < 1.29 is 4.79 Å². The van der Waals surface area contributed by atoms with Crippen molar-refractivity contribution in [2.45, 2.75) is 24.8 Å². The summed E-state index contributed by atoms with van der Waals surface area (Å²) in [4.78, 5) is 15.4. The second-order valence-corrected chi connectivity index (χ2v) is 7.43. The van der Waals surface area contributed by atoms with Crippen LogP contribution in [0.2, 0.25) is 0 Å². The highest BCUT2D eigenvalue weighted by Gasteiger charge is 2.42. The van der Waals surface area contributed by atoms with Gasteiger partial charge >= 0.3 is 0 Å². The fourth-order valence-corrected chi connectivity index (χ4v) is 3.89. The minimum Gasteiger partial charge on any atom is -0.326 e. The predicted octanol–water partition coefficient (Wildman–Crippen LogP) is 4.95. The molecule has 0 saturated carbocycles. The van der Waals surface area contributed by atoms with E-state index in [2.05, 4.69) is 55.5 Å². The second kappa shape index (κ2) is 8.85. The van der Waals surface area contributed by atoms with Gasteiger partial charge in [-0.1, -0.05) is 78.9 Å². The summed E-state index contributed by atoms with van der Waals surface area (Å²) in [6.07, 6.45) is 0.356. The molecule has 0 fully saturated rings. The molecule has 0 spiro atoms. The lowest BCUT2D eigenvalue weighted by Gasteiger charge is -2.43. The van der Waals surface area contributed by atoms with Crippen molar-refractivity contribution in [3.8, 4) is 0 Å². The lowest BCUT2D eigenvalue weighted by atomic mass is 9.66. The van der Waals surface area contributed by atoms with Gasteiger partial charge < -0.3 is 10.2 Å². The predicted molar refractivity (Wildman–Crippen MR) is 117 cm³/mol. The van der Waals surface area contributed by atoms with Crippen LogP contribution in [-0.4, -0.2) is 30.9 Å². The van der Waals surface area contributed by atoms with Gasteiger partial charge in [0.25, 0.3) is 0 Å². The average molecular weight is 373 g/mol. The summed E-state index contributed by atoms with van der Waals surface area (Å²) in [6.45, 7) is 2.19. The monoisotopic (exact) mass is 372 g/mol. The minimum absolute atomic E-state index is 0.00704. The molecule has 0 bridgehead atoms. The van der Waals surface area contributed by atoms with Gasteiger partial charge in [0.2, 0.25) is 5.91 Å². The number of likely N-dealkylation sites (N-methyl/N-ethyl adjacent to an activating group) is 1. The summed E-state index contributed by atoms with van der Waals surface area (Å²) < 4.78 is 0. The molecule has 3 aromatic carbocycles. The molecule has 0 radical (unpaired) electrons. The molecule has 3 heteroatoms. The highest BCUT2D eigenvalue weighted by Crippen LogP contribution is 2.41. The Hall–Kier alpha value is -2.91. The van der Waals surface area contributed by atoms with E-state index in [-0.39, 0.29) is 11.9 Å². The molecule has 144 valence electrons. The SMILES string of the molecule is CC(N(C)C)C(CC(=O)Nc1ccccc1)(c1ccccc1)c1ccccc1. The maximum Gasteiger partial charge on any atom is 0.225 e. The van der Waals surface area contributed by atoms with E-state index in [1.807, 2.05) is 66.7 Å². The van der Waals surface area contributed by atoms with Gasteiger partial charge in [0.15, 0.2) is 0 Å². The summed E-state index contributed by atoms with van der Waals surface area (Å²) in [5.41, 5.74) is 2.64. The lowest BCUT2D eigenvalue weighted by Crippen LogP contribution is -2.49. The molecule has 0 heterocycles. The quantitative estimate of drug-likeness (QED) is 0.636. The smallest absolute Gasteiger partial charge is 0.225 e. The van der Waals surface area contributed by atoms with E-state index in [4.69, 9.17) is 0 Å². The van der Waals surface area contributed by atoms with E-state index in [9.17, 15) is 4.79 Å². The second-order valence-electron chi connectivity index (χ2n) is 7.43. The first kappa shape index (κ1) is 19.8. The lowest BCUT2D eigenvalue weighted by molar-refractivity contribution is -0.117. The average Bonchev–Trinajstić information content (AvgIpc) is 2.73. The standard InChI is InChI=1S/C25H28N2O/c1-20(27(2)3)25(21-13-7-4-8-14-21,22-15-9-5-10-16-22)19-24(28)26-23-17-11-6-12-18-23/h4-18,20H,19H2,1-3H3,(H,26,28). The molecule has 0 aliphatic heterocycles. The fraction of sp³-hybridized carbons (Fsp3) is 0.240. The van der Waals surface area contributed by atoms with E-state index in [0.717, 1.165) is 16.8 Å². The molecule has 0 aliphatic carbocycles. The minimum atomic E-state index is -0.467. The molecule has 1 atom stereocenters. The van der Waals surface area contributed by atoms with Gasteiger partial charge in [0, 0.05) is 23.6 Å². The summed E-state index contributed by atoms with van der Waals surface area (Å²) in [7, 11) is 4.14. The van der Waals surface area contributed by atoms with E-state index >= 15 is 0 Å². The van der Waals surface area contributed by atoms with Crippen LogP contribution in [0.3, 0.4) is 0 Å². The zero-order valence-corrected chi connectivity index (χ0v) is 16.8. The number of anilines is 1. The van der Waals surface area contributed by atoms with Crippen LogP contribution in [0.15, 0.2) is 91.0 Å². The summed E-state index contributed by atoms with van der Waals surface area (Å²) >= 11 is 0. The number of rotatable bonds is 7. The Balaban J connectivity index is 2.08. The Kier molecular flexibility index (Phi) is 6.27. The van der Waals surface area contributed by atoms with E-state index < -0.39 is 5.41 Å². The maximum absolute atomic E-state index is 13.2. The summed E-state index contributed by atoms with van der Waals surface area (Å²) in [5, 5.41) is 3.07. The Morgan fingerprint density at radius 1 is 0.821 bits per heavy atom. The molecule has 3 nitrogen and oxygen atoms in total. The third-order valence-corrected chi connectivity index (χ3v) is 5.56. The zero-order valence-electron chi connectivity index (χ0n) is 16.8. The molecular formula is C25H28N2O. The van der Waals surface area contributed by atoms with Crippen LogP contribution in [0.5, 0.6) is 0 Å². The molecule has 0 aliphatic rings. The molecule has 3 aromatic rings. The highest BCUT2D eigenvalue weighted by atomic mass is 16.1. The van der Waals surface area contributed by atoms with Crippen LogP contribution in [-0.2, 0) is 10.2 Å². The van der Waals surface area contributed by atoms with Crippen LogP contribution >= 0.6 is 0 Å². The fourth-order valence-electron chi connectivity index (χ4n) is 3.89. The summed E-state index contributed by atoms with van der Waals surface area (Å²) in [6, 6.07) is 30.5. The van der Waals surface area contributed by atoms with Gasteiger partial charge in [-0.05, 0) is 44.3 Å². The van der Waals surface area contributed by atoms with Crippen molar-refractivity contribution >= 4 is 11.6 Å². The van der Waals surface area contributed by atoms with Crippen molar-refractivity contribution in [2.24, 2.45) is 0 Å². The first-order chi connectivity index (χ1) is 13.5. The molecular weight excluding hydrogens is 344 g/mol. The Morgan fingerprint density at radius 2 is 1.25 bits per heavy atom. The number of benzene rings is 3. The van der Waals surface area contributed by atoms with Crippen LogP contribution in [0.4, 0.5) is 5.69 Å². The topological polar surface area (TPSA) is 32.3 Å². The first-order valence-corrected chi connectivity index (χ1v) is 9.66. The number of amides is 1. The van der Waals surface area contributed by atoms with Crippen LogP contribution in [0.1, 0.15) is 24.5 Å². The Bertz CT molecular complexity index is 837. The number of hydrogen-bond acceptors (Lipinski definition) is 2. The van der Waals surface area contributed by atoms with Gasteiger partial charge in [0.05, 0.1) is 0 Å². The highest BCUT2D eigenvalue weighted by molar-refractivity contribution is 5.92. The molecule has 1 amide bonds. The molecule has 1 unspecified atom stereocenters. The van der Waals surface area contributed by atoms with E-state index in [1.54, 1.807) is 0 Å². The number of nitrogens with one attached hydrogen (secondary N) is 1. The first-order valence-electron chi connectivity index (χ1n) is 9.66. The van der Waals surface area contributed by atoms with E-state index in [0.29, 0.717) is 6.42 Å².